The molecule has 0 radical (unpaired) electrons. The van der Waals surface area contributed by atoms with Crippen LogP contribution in [0.1, 0.15) is 0 Å². The summed E-state index contributed by atoms with van der Waals surface area (Å²) in [4.78, 5) is 35.9. The molecule has 1 rings (SSSR count). The summed E-state index contributed by atoms with van der Waals surface area (Å²) in [6.07, 6.45) is 0. The molecule has 0 saturated carbocycles. The van der Waals surface area contributed by atoms with Crippen molar-refractivity contribution in [1.82, 2.24) is 15.0 Å². The SMILES string of the molecule is O.O=c1[nH]c(=O)[nH]c(=O)[nH]1. The van der Waals surface area contributed by atoms with Gasteiger partial charge in [0.25, 0.3) is 0 Å². The second-order valence-corrected chi connectivity index (χ2v) is 1.36. The number of rotatable bonds is 0. The summed E-state index contributed by atoms with van der Waals surface area (Å²) in [5.74, 6) is 0. The molecule has 0 unspecified atom stereocenters. The van der Waals surface area contributed by atoms with Crippen molar-refractivity contribution >= 4 is 0 Å². The fourth-order valence-corrected chi connectivity index (χ4v) is 0.403. The van der Waals surface area contributed by atoms with Crippen LogP contribution in [-0.2, 0) is 0 Å². The van der Waals surface area contributed by atoms with Gasteiger partial charge >= 0.3 is 17.1 Å². The van der Waals surface area contributed by atoms with Gasteiger partial charge in [0.15, 0.2) is 0 Å². The maximum absolute atomic E-state index is 10.2. The Morgan fingerprint density at radius 1 is 0.700 bits per heavy atom. The topological polar surface area (TPSA) is 130 Å². The van der Waals surface area contributed by atoms with Crippen molar-refractivity contribution in [2.75, 3.05) is 0 Å². The lowest BCUT2D eigenvalue weighted by atomic mass is 11.0. The minimum atomic E-state index is -0.802. The molecule has 1 aromatic heterocycles. The van der Waals surface area contributed by atoms with Crippen LogP contribution >= 0.6 is 0 Å². The molecule has 0 aromatic carbocycles. The van der Waals surface area contributed by atoms with Gasteiger partial charge in [-0.15, -0.1) is 0 Å². The maximum Gasteiger partial charge on any atom is 0.330 e. The van der Waals surface area contributed by atoms with Gasteiger partial charge in [-0.3, -0.25) is 15.0 Å². The van der Waals surface area contributed by atoms with E-state index >= 15 is 0 Å². The quantitative estimate of drug-likeness (QED) is 0.359. The van der Waals surface area contributed by atoms with E-state index in [1.165, 1.54) is 0 Å². The lowest BCUT2D eigenvalue weighted by Crippen LogP contribution is -2.34. The molecule has 1 aromatic rings. The van der Waals surface area contributed by atoms with Crippen LogP contribution < -0.4 is 17.1 Å². The Labute approximate surface area is 53.1 Å². The average molecular weight is 147 g/mol. The van der Waals surface area contributed by atoms with Gasteiger partial charge in [-0.05, 0) is 0 Å². The van der Waals surface area contributed by atoms with E-state index in [9.17, 15) is 14.4 Å². The monoisotopic (exact) mass is 147 g/mol. The molecule has 0 saturated heterocycles. The molecular weight excluding hydrogens is 142 g/mol. The lowest BCUT2D eigenvalue weighted by Gasteiger charge is -1.77. The summed E-state index contributed by atoms with van der Waals surface area (Å²) >= 11 is 0. The standard InChI is InChI=1S/C3H3N3O3.H2O/c7-1-4-2(8)6-3(9)5-1;/h(H3,4,5,6,7,8,9);1H2. The van der Waals surface area contributed by atoms with Crippen LogP contribution in [0.3, 0.4) is 0 Å². The molecule has 0 spiro atoms. The van der Waals surface area contributed by atoms with E-state index in [4.69, 9.17) is 0 Å². The Morgan fingerprint density at radius 3 is 1.10 bits per heavy atom. The lowest BCUT2D eigenvalue weighted by molar-refractivity contribution is 0.824. The number of hydrogen-bond acceptors (Lipinski definition) is 3. The summed E-state index contributed by atoms with van der Waals surface area (Å²) in [7, 11) is 0. The van der Waals surface area contributed by atoms with Crippen LogP contribution in [0, 0.1) is 0 Å². The summed E-state index contributed by atoms with van der Waals surface area (Å²) in [5, 5.41) is 0. The third-order valence-electron chi connectivity index (χ3n) is 0.681. The summed E-state index contributed by atoms with van der Waals surface area (Å²) in [6, 6.07) is 0. The Morgan fingerprint density at radius 2 is 0.900 bits per heavy atom. The van der Waals surface area contributed by atoms with E-state index in [1.54, 1.807) is 15.0 Å². The van der Waals surface area contributed by atoms with E-state index in [1.807, 2.05) is 0 Å². The normalized spacial score (nSPS) is 8.40. The summed E-state index contributed by atoms with van der Waals surface area (Å²) in [6.45, 7) is 0. The minimum Gasteiger partial charge on any atom is -0.412 e. The molecule has 7 nitrogen and oxygen atoms in total. The highest BCUT2D eigenvalue weighted by Gasteiger charge is 1.84. The molecule has 0 fully saturated rings. The van der Waals surface area contributed by atoms with Gasteiger partial charge in [0.2, 0.25) is 0 Å². The Hall–Kier alpha value is -1.63. The van der Waals surface area contributed by atoms with E-state index in [0.29, 0.717) is 0 Å². The fourth-order valence-electron chi connectivity index (χ4n) is 0.403. The summed E-state index contributed by atoms with van der Waals surface area (Å²) in [5.41, 5.74) is -2.41. The van der Waals surface area contributed by atoms with Gasteiger partial charge in [-0.2, -0.15) is 0 Å². The largest absolute Gasteiger partial charge is 0.412 e. The molecular formula is C3H5N3O4. The van der Waals surface area contributed by atoms with Crippen LogP contribution in [0.15, 0.2) is 14.4 Å². The van der Waals surface area contributed by atoms with Crippen LogP contribution in [0.4, 0.5) is 0 Å². The van der Waals surface area contributed by atoms with Gasteiger partial charge in [-0.1, -0.05) is 0 Å². The first-order valence-corrected chi connectivity index (χ1v) is 2.11. The van der Waals surface area contributed by atoms with Crippen molar-refractivity contribution in [2.24, 2.45) is 0 Å². The highest BCUT2D eigenvalue weighted by molar-refractivity contribution is 4.60. The zero-order valence-corrected chi connectivity index (χ0v) is 4.72. The molecule has 0 amide bonds. The highest BCUT2D eigenvalue weighted by atomic mass is 16.2. The molecule has 10 heavy (non-hydrogen) atoms. The first kappa shape index (κ1) is 8.37. The number of nitrogens with one attached hydrogen (secondary N) is 3. The molecule has 0 atom stereocenters. The number of hydrogen-bond donors (Lipinski definition) is 3. The maximum atomic E-state index is 10.2. The van der Waals surface area contributed by atoms with Gasteiger partial charge in [0, 0.05) is 0 Å². The Kier molecular flexibility index (Phi) is 2.33. The molecule has 0 aliphatic rings. The first-order valence-electron chi connectivity index (χ1n) is 2.11. The number of H-pyrrole nitrogens is 3. The van der Waals surface area contributed by atoms with Crippen LogP contribution in [0.25, 0.3) is 0 Å². The van der Waals surface area contributed by atoms with Crippen molar-refractivity contribution in [1.29, 1.82) is 0 Å². The second-order valence-electron chi connectivity index (χ2n) is 1.36. The van der Waals surface area contributed by atoms with Crippen molar-refractivity contribution < 1.29 is 5.48 Å². The average Bonchev–Trinajstić information content (AvgIpc) is 1.59. The minimum absolute atomic E-state index is 0. The molecule has 0 aliphatic heterocycles. The van der Waals surface area contributed by atoms with Crippen LogP contribution in [-0.4, -0.2) is 20.4 Å². The third kappa shape index (κ3) is 1.71. The van der Waals surface area contributed by atoms with Gasteiger partial charge in [-0.25, -0.2) is 14.4 Å². The fraction of sp³-hybridized carbons (Fsp3) is 0. The first-order chi connectivity index (χ1) is 4.18. The van der Waals surface area contributed by atoms with Crippen molar-refractivity contribution in [2.45, 2.75) is 0 Å². The van der Waals surface area contributed by atoms with Gasteiger partial charge in [0.1, 0.15) is 0 Å². The Bertz CT molecular complexity index is 278. The van der Waals surface area contributed by atoms with Crippen molar-refractivity contribution in [3.05, 3.63) is 31.5 Å². The van der Waals surface area contributed by atoms with E-state index in [0.717, 1.165) is 0 Å². The Balaban J connectivity index is 0.000000810. The number of aromatic amines is 3. The van der Waals surface area contributed by atoms with Crippen molar-refractivity contribution in [3.63, 3.8) is 0 Å². The van der Waals surface area contributed by atoms with Crippen LogP contribution in [0.2, 0.25) is 0 Å². The molecule has 0 bridgehead atoms. The van der Waals surface area contributed by atoms with E-state index < -0.39 is 17.1 Å². The van der Waals surface area contributed by atoms with Crippen molar-refractivity contribution in [3.8, 4) is 0 Å². The second kappa shape index (κ2) is 2.78. The molecule has 56 valence electrons. The highest BCUT2D eigenvalue weighted by Crippen LogP contribution is 1.29. The van der Waals surface area contributed by atoms with Crippen LogP contribution in [0.5, 0.6) is 0 Å². The predicted octanol–water partition coefficient (Wildman–Crippen LogP) is -3.07. The number of aromatic nitrogens is 3. The zero-order chi connectivity index (χ0) is 6.85. The van der Waals surface area contributed by atoms with E-state index in [2.05, 4.69) is 0 Å². The zero-order valence-electron chi connectivity index (χ0n) is 4.72. The predicted molar refractivity (Wildman–Crippen MR) is 31.9 cm³/mol. The smallest absolute Gasteiger partial charge is 0.330 e. The molecule has 7 heteroatoms. The van der Waals surface area contributed by atoms with Gasteiger partial charge in [0.05, 0.1) is 0 Å². The molecule has 1 heterocycles. The summed E-state index contributed by atoms with van der Waals surface area (Å²) < 4.78 is 0. The van der Waals surface area contributed by atoms with Gasteiger partial charge < -0.3 is 5.48 Å². The third-order valence-corrected chi connectivity index (χ3v) is 0.681. The molecule has 0 aliphatic carbocycles. The molecule has 5 N–H and O–H groups in total. The van der Waals surface area contributed by atoms with E-state index in [-0.39, 0.29) is 5.48 Å².